The molecule has 0 radical (unpaired) electrons. The molecule has 0 N–H and O–H groups in total. The highest BCUT2D eigenvalue weighted by Gasteiger charge is 2.44. The minimum atomic E-state index is -0.194. The molecule has 2 saturated heterocycles. The summed E-state index contributed by atoms with van der Waals surface area (Å²) in [6.45, 7) is 13.1. The third-order valence-electron chi connectivity index (χ3n) is 6.51. The van der Waals surface area contributed by atoms with Crippen molar-refractivity contribution >= 4 is 18.2 Å². The van der Waals surface area contributed by atoms with Crippen LogP contribution in [0, 0.1) is 0 Å². The van der Waals surface area contributed by atoms with Crippen molar-refractivity contribution in [3.05, 3.63) is 60.7 Å². The average Bonchev–Trinajstić information content (AvgIpc) is 3.39. The molecule has 0 spiro atoms. The Morgan fingerprint density at radius 2 is 2.18 bits per heavy atom. The van der Waals surface area contributed by atoms with Gasteiger partial charge < -0.3 is 19.5 Å². The second-order valence-electron chi connectivity index (χ2n) is 8.47. The van der Waals surface area contributed by atoms with Crippen LogP contribution in [0.25, 0.3) is 0 Å². The molecule has 7 nitrogen and oxygen atoms in total. The monoisotopic (exact) mass is 452 g/mol. The first kappa shape index (κ1) is 24.6. The van der Waals surface area contributed by atoms with E-state index >= 15 is 0 Å². The van der Waals surface area contributed by atoms with Gasteiger partial charge in [0.1, 0.15) is 6.10 Å². The summed E-state index contributed by atoms with van der Waals surface area (Å²) in [5, 5.41) is 0. The van der Waals surface area contributed by atoms with Crippen LogP contribution in [0.15, 0.2) is 65.7 Å². The molecule has 3 atom stereocenters. The maximum absolute atomic E-state index is 13.6. The lowest BCUT2D eigenvalue weighted by molar-refractivity contribution is -0.127. The highest BCUT2D eigenvalue weighted by molar-refractivity contribution is 5.88. The topological polar surface area (TPSA) is 65.5 Å². The fourth-order valence-electron chi connectivity index (χ4n) is 4.72. The van der Waals surface area contributed by atoms with Crippen molar-refractivity contribution in [1.29, 1.82) is 0 Å². The summed E-state index contributed by atoms with van der Waals surface area (Å²) < 4.78 is 6.01. The first-order chi connectivity index (χ1) is 15.9. The minimum absolute atomic E-state index is 0.0183. The number of amides is 3. The lowest BCUT2D eigenvalue weighted by Gasteiger charge is -2.30. The minimum Gasteiger partial charge on any atom is -0.491 e. The van der Waals surface area contributed by atoms with Gasteiger partial charge in [0.05, 0.1) is 11.8 Å². The molecule has 0 aromatic carbocycles. The van der Waals surface area contributed by atoms with Crippen molar-refractivity contribution in [3.63, 3.8) is 0 Å². The zero-order valence-electron chi connectivity index (χ0n) is 20.1. The van der Waals surface area contributed by atoms with Crippen molar-refractivity contribution in [3.8, 4) is 0 Å². The van der Waals surface area contributed by atoms with Gasteiger partial charge in [0, 0.05) is 63.1 Å². The first-order valence-corrected chi connectivity index (χ1v) is 11.8. The molecule has 3 rings (SSSR count). The van der Waals surface area contributed by atoms with Gasteiger partial charge in [-0.1, -0.05) is 26.2 Å². The fourth-order valence-corrected chi connectivity index (χ4v) is 4.72. The van der Waals surface area contributed by atoms with E-state index in [0.29, 0.717) is 25.9 Å². The Morgan fingerprint density at radius 3 is 2.79 bits per heavy atom. The van der Waals surface area contributed by atoms with E-state index in [2.05, 4.69) is 25.1 Å². The lowest BCUT2D eigenvalue weighted by Crippen LogP contribution is -2.46. The molecule has 2 heterocycles. The Kier molecular flexibility index (Phi) is 8.31. The summed E-state index contributed by atoms with van der Waals surface area (Å²) in [7, 11) is 1.73. The Bertz CT molecular complexity index is 901. The van der Waals surface area contributed by atoms with Crippen LogP contribution in [0.3, 0.4) is 0 Å². The molecule has 33 heavy (non-hydrogen) atoms. The second kappa shape index (κ2) is 11.2. The van der Waals surface area contributed by atoms with E-state index in [4.69, 9.17) is 4.74 Å². The summed E-state index contributed by atoms with van der Waals surface area (Å²) in [5.74, 6) is 0.881. The van der Waals surface area contributed by atoms with E-state index < -0.39 is 0 Å². The van der Waals surface area contributed by atoms with Crippen LogP contribution in [0.1, 0.15) is 46.0 Å². The fraction of sp³-hybridized carbons (Fsp3) is 0.500. The molecule has 7 heteroatoms. The quantitative estimate of drug-likeness (QED) is 0.296. The molecule has 2 aliphatic heterocycles. The van der Waals surface area contributed by atoms with Gasteiger partial charge in [-0.25, -0.2) is 4.79 Å². The second-order valence-corrected chi connectivity index (χ2v) is 8.47. The Labute approximate surface area is 197 Å². The molecular formula is C26H36N4O3. The highest BCUT2D eigenvalue weighted by atomic mass is 16.5. The van der Waals surface area contributed by atoms with E-state index in [9.17, 15) is 9.59 Å². The average molecular weight is 453 g/mol. The Balaban J connectivity index is 1.77. The number of urea groups is 1. The van der Waals surface area contributed by atoms with Crippen LogP contribution in [0.5, 0.6) is 0 Å². The van der Waals surface area contributed by atoms with Crippen molar-refractivity contribution in [2.45, 2.75) is 64.1 Å². The van der Waals surface area contributed by atoms with Crippen molar-refractivity contribution in [1.82, 2.24) is 14.7 Å². The van der Waals surface area contributed by atoms with Gasteiger partial charge in [-0.2, -0.15) is 0 Å². The maximum atomic E-state index is 13.6. The number of carbonyl (C=O) groups excluding carboxylic acids is 2. The van der Waals surface area contributed by atoms with Gasteiger partial charge >= 0.3 is 6.03 Å². The predicted octanol–water partition coefficient (Wildman–Crippen LogP) is 4.42. The summed E-state index contributed by atoms with van der Waals surface area (Å²) >= 11 is 0. The number of ether oxygens (including phenoxy) is 1. The highest BCUT2D eigenvalue weighted by Crippen LogP contribution is 2.34. The van der Waals surface area contributed by atoms with E-state index in [1.807, 2.05) is 47.2 Å². The zero-order valence-corrected chi connectivity index (χ0v) is 20.1. The number of allylic oxidation sites excluding steroid dienone is 3. The van der Waals surface area contributed by atoms with E-state index in [-0.39, 0.29) is 30.1 Å². The van der Waals surface area contributed by atoms with Crippen LogP contribution in [0.2, 0.25) is 0 Å². The summed E-state index contributed by atoms with van der Waals surface area (Å²) in [4.78, 5) is 35.4. The van der Waals surface area contributed by atoms with E-state index in [1.165, 1.54) is 6.08 Å². The number of rotatable bonds is 9. The van der Waals surface area contributed by atoms with Gasteiger partial charge in [-0.3, -0.25) is 9.69 Å². The van der Waals surface area contributed by atoms with Gasteiger partial charge in [0.15, 0.2) is 0 Å². The molecule has 0 aromatic heterocycles. The largest absolute Gasteiger partial charge is 0.491 e. The normalized spacial score (nSPS) is 25.9. The van der Waals surface area contributed by atoms with Crippen LogP contribution in [-0.2, 0) is 9.53 Å². The smallest absolute Gasteiger partial charge is 0.329 e. The van der Waals surface area contributed by atoms with E-state index in [0.717, 1.165) is 36.4 Å². The molecule has 2 fully saturated rings. The number of likely N-dealkylation sites (tertiary alicyclic amines) is 1. The summed E-state index contributed by atoms with van der Waals surface area (Å²) in [6, 6.07) is -0.318. The lowest BCUT2D eigenvalue weighted by atomic mass is 10.1. The predicted molar refractivity (Wildman–Crippen MR) is 132 cm³/mol. The molecule has 3 aliphatic rings. The number of nitrogens with zero attached hydrogens (tertiary/aromatic N) is 4. The number of aliphatic imine (C=N–C) groups is 1. The molecule has 0 aromatic rings. The third-order valence-corrected chi connectivity index (χ3v) is 6.51. The Hall–Kier alpha value is -3.09. The van der Waals surface area contributed by atoms with Gasteiger partial charge in [0.25, 0.3) is 0 Å². The van der Waals surface area contributed by atoms with Crippen LogP contribution in [-0.4, -0.2) is 71.2 Å². The van der Waals surface area contributed by atoms with Crippen LogP contribution < -0.4 is 0 Å². The summed E-state index contributed by atoms with van der Waals surface area (Å²) in [5.41, 5.74) is 1.55. The maximum Gasteiger partial charge on any atom is 0.329 e. The summed E-state index contributed by atoms with van der Waals surface area (Å²) in [6.07, 6.45) is 15.0. The number of hydrogen-bond acceptors (Lipinski definition) is 4. The van der Waals surface area contributed by atoms with Gasteiger partial charge in [-0.05, 0) is 44.1 Å². The number of hydrogen-bond donors (Lipinski definition) is 0. The van der Waals surface area contributed by atoms with Crippen molar-refractivity contribution in [2.75, 3.05) is 20.1 Å². The molecule has 1 aliphatic carbocycles. The molecule has 0 bridgehead atoms. The molecule has 3 amide bonds. The zero-order chi connectivity index (χ0) is 24.0. The van der Waals surface area contributed by atoms with Crippen molar-refractivity contribution < 1.29 is 14.3 Å². The standard InChI is InChI=1S/C26H36N4O3/c1-6-22(7-2)33-23-13-11-20(12-14-23)30-19(4)24(15-16-27-5)29(26(30)32)18-21-10-9-17-28(21)25(31)8-3/h6,8,11-13,16,21,23-24H,3-4,7,9-10,14-15,17-18H2,1-2,5H3/b22-6+,27-16?. The van der Waals surface area contributed by atoms with E-state index in [1.54, 1.807) is 11.9 Å². The first-order valence-electron chi connectivity index (χ1n) is 11.8. The molecular weight excluding hydrogens is 416 g/mol. The number of carbonyl (C=O) groups is 2. The third kappa shape index (κ3) is 5.29. The molecule has 3 unspecified atom stereocenters. The molecule has 178 valence electrons. The van der Waals surface area contributed by atoms with Crippen LogP contribution in [0.4, 0.5) is 4.79 Å². The Morgan fingerprint density at radius 1 is 1.39 bits per heavy atom. The SMILES string of the molecule is C=CC(=O)N1CCCC1CN1C(=O)N(C2=CCC(O/C(=C/C)CC)C=C2)C(=C)C1CC=NC. The van der Waals surface area contributed by atoms with Crippen molar-refractivity contribution in [2.24, 2.45) is 4.99 Å². The van der Waals surface area contributed by atoms with Gasteiger partial charge in [-0.15, -0.1) is 0 Å². The van der Waals surface area contributed by atoms with Crippen LogP contribution >= 0.6 is 0 Å². The molecule has 0 saturated carbocycles. The van der Waals surface area contributed by atoms with Gasteiger partial charge in [0.2, 0.25) is 5.91 Å².